The summed E-state index contributed by atoms with van der Waals surface area (Å²) in [5.74, 6) is 0.615. The number of hydrogen-bond donors (Lipinski definition) is 1. The van der Waals surface area contributed by atoms with Gasteiger partial charge in [-0.3, -0.25) is 4.79 Å². The van der Waals surface area contributed by atoms with Gasteiger partial charge in [0.05, 0.1) is 12.2 Å². The number of ether oxygens (including phenoxy) is 2. The molecule has 0 radical (unpaired) electrons. The van der Waals surface area contributed by atoms with Gasteiger partial charge in [-0.25, -0.2) is 0 Å². The highest BCUT2D eigenvalue weighted by molar-refractivity contribution is 5.81. The number of rotatable bonds is 5. The second-order valence-corrected chi connectivity index (χ2v) is 7.08. The third kappa shape index (κ3) is 4.85. The zero-order valence-electron chi connectivity index (χ0n) is 15.6. The first kappa shape index (κ1) is 18.5. The van der Waals surface area contributed by atoms with Crippen molar-refractivity contribution < 1.29 is 14.3 Å². The first-order valence-corrected chi connectivity index (χ1v) is 9.29. The molecule has 4 nitrogen and oxygen atoms in total. The molecule has 1 amide bonds. The molecule has 1 fully saturated rings. The van der Waals surface area contributed by atoms with Crippen LogP contribution in [0.2, 0.25) is 0 Å². The van der Waals surface area contributed by atoms with E-state index in [1.807, 2.05) is 56.3 Å². The molecule has 2 aromatic rings. The molecular formula is C22H27NO3. The van der Waals surface area contributed by atoms with Gasteiger partial charge in [-0.15, -0.1) is 0 Å². The SMILES string of the molecule is C[C@@H]1CC(NC(=O)[C@H](C)Oc2ccc(-c3ccccc3)cc2)C[C@@H](C)O1. The zero-order valence-corrected chi connectivity index (χ0v) is 15.6. The summed E-state index contributed by atoms with van der Waals surface area (Å²) >= 11 is 0. The lowest BCUT2D eigenvalue weighted by molar-refractivity contribution is -0.129. The number of hydrogen-bond acceptors (Lipinski definition) is 3. The molecule has 1 N–H and O–H groups in total. The van der Waals surface area contributed by atoms with E-state index in [9.17, 15) is 4.79 Å². The summed E-state index contributed by atoms with van der Waals surface area (Å²) in [5.41, 5.74) is 2.29. The van der Waals surface area contributed by atoms with Crippen LogP contribution < -0.4 is 10.1 Å². The summed E-state index contributed by atoms with van der Waals surface area (Å²) in [6, 6.07) is 18.2. The van der Waals surface area contributed by atoms with Gasteiger partial charge in [-0.1, -0.05) is 42.5 Å². The molecule has 0 aromatic heterocycles. The minimum absolute atomic E-state index is 0.0802. The van der Waals surface area contributed by atoms with Gasteiger partial charge in [-0.05, 0) is 56.9 Å². The van der Waals surface area contributed by atoms with E-state index in [-0.39, 0.29) is 24.2 Å². The molecule has 2 aromatic carbocycles. The van der Waals surface area contributed by atoms with E-state index in [2.05, 4.69) is 17.4 Å². The molecule has 3 atom stereocenters. The fraction of sp³-hybridized carbons (Fsp3) is 0.409. The maximum atomic E-state index is 12.4. The number of nitrogens with one attached hydrogen (secondary N) is 1. The van der Waals surface area contributed by atoms with E-state index in [4.69, 9.17) is 9.47 Å². The lowest BCUT2D eigenvalue weighted by atomic mass is 9.99. The highest BCUT2D eigenvalue weighted by Crippen LogP contribution is 2.23. The van der Waals surface area contributed by atoms with Crippen molar-refractivity contribution in [3.05, 3.63) is 54.6 Å². The van der Waals surface area contributed by atoms with Crippen molar-refractivity contribution in [3.63, 3.8) is 0 Å². The van der Waals surface area contributed by atoms with Crippen LogP contribution >= 0.6 is 0 Å². The lowest BCUT2D eigenvalue weighted by Gasteiger charge is -2.33. The average molecular weight is 353 g/mol. The van der Waals surface area contributed by atoms with Crippen molar-refractivity contribution in [2.24, 2.45) is 0 Å². The van der Waals surface area contributed by atoms with Crippen LogP contribution in [-0.4, -0.2) is 30.3 Å². The summed E-state index contributed by atoms with van der Waals surface area (Å²) in [5, 5.41) is 3.09. The van der Waals surface area contributed by atoms with E-state index in [1.54, 1.807) is 6.92 Å². The molecule has 3 rings (SSSR count). The molecular weight excluding hydrogens is 326 g/mol. The minimum atomic E-state index is -0.536. The van der Waals surface area contributed by atoms with Crippen LogP contribution in [0.25, 0.3) is 11.1 Å². The highest BCUT2D eigenvalue weighted by Gasteiger charge is 2.27. The first-order chi connectivity index (χ1) is 12.5. The van der Waals surface area contributed by atoms with Gasteiger partial charge < -0.3 is 14.8 Å². The van der Waals surface area contributed by atoms with Gasteiger partial charge >= 0.3 is 0 Å². The van der Waals surface area contributed by atoms with Crippen LogP contribution in [0.3, 0.4) is 0 Å². The normalized spacial score (nSPS) is 23.9. The molecule has 0 aliphatic carbocycles. The molecule has 26 heavy (non-hydrogen) atoms. The maximum Gasteiger partial charge on any atom is 0.260 e. The Morgan fingerprint density at radius 3 is 2.19 bits per heavy atom. The van der Waals surface area contributed by atoms with Gasteiger partial charge in [0.25, 0.3) is 5.91 Å². The highest BCUT2D eigenvalue weighted by atomic mass is 16.5. The van der Waals surface area contributed by atoms with Gasteiger partial charge in [0.2, 0.25) is 0 Å². The van der Waals surface area contributed by atoms with Crippen molar-refractivity contribution in [3.8, 4) is 16.9 Å². The zero-order chi connectivity index (χ0) is 18.5. The van der Waals surface area contributed by atoms with Gasteiger partial charge in [0.15, 0.2) is 6.10 Å². The van der Waals surface area contributed by atoms with Gasteiger partial charge in [-0.2, -0.15) is 0 Å². The smallest absolute Gasteiger partial charge is 0.260 e. The average Bonchev–Trinajstić information content (AvgIpc) is 2.62. The summed E-state index contributed by atoms with van der Waals surface area (Å²) in [4.78, 5) is 12.4. The Balaban J connectivity index is 1.55. The Kier molecular flexibility index (Phi) is 5.94. The second-order valence-electron chi connectivity index (χ2n) is 7.08. The van der Waals surface area contributed by atoms with Crippen molar-refractivity contribution in [1.29, 1.82) is 0 Å². The molecule has 1 aliphatic heterocycles. The topological polar surface area (TPSA) is 47.6 Å². The summed E-state index contributed by atoms with van der Waals surface area (Å²) in [6.07, 6.45) is 1.49. The first-order valence-electron chi connectivity index (χ1n) is 9.29. The van der Waals surface area contributed by atoms with Crippen LogP contribution in [0.15, 0.2) is 54.6 Å². The molecule has 0 bridgehead atoms. The molecule has 0 spiro atoms. The van der Waals surface area contributed by atoms with Crippen molar-refractivity contribution in [2.75, 3.05) is 0 Å². The van der Waals surface area contributed by atoms with Crippen LogP contribution in [-0.2, 0) is 9.53 Å². The number of carbonyl (C=O) groups excluding carboxylic acids is 1. The van der Waals surface area contributed by atoms with Crippen LogP contribution in [0.5, 0.6) is 5.75 Å². The predicted molar refractivity (Wildman–Crippen MR) is 103 cm³/mol. The van der Waals surface area contributed by atoms with Crippen LogP contribution in [0, 0.1) is 0 Å². The molecule has 138 valence electrons. The summed E-state index contributed by atoms with van der Waals surface area (Å²) in [7, 11) is 0. The standard InChI is InChI=1S/C22H27NO3/c1-15-13-20(14-16(2)25-15)23-22(24)17(3)26-21-11-9-19(10-12-21)18-7-5-4-6-8-18/h4-12,15-17,20H,13-14H2,1-3H3,(H,23,24)/t15-,16-,17+/m1/s1. The minimum Gasteiger partial charge on any atom is -0.481 e. The van der Waals surface area contributed by atoms with E-state index in [0.29, 0.717) is 5.75 Å². The molecule has 0 saturated carbocycles. The van der Waals surface area contributed by atoms with Crippen molar-refractivity contribution >= 4 is 5.91 Å². The van der Waals surface area contributed by atoms with Gasteiger partial charge in [0, 0.05) is 6.04 Å². The Hall–Kier alpha value is -2.33. The molecule has 1 aliphatic rings. The quantitative estimate of drug-likeness (QED) is 0.877. The van der Waals surface area contributed by atoms with E-state index < -0.39 is 6.10 Å². The van der Waals surface area contributed by atoms with Crippen molar-refractivity contribution in [1.82, 2.24) is 5.32 Å². The fourth-order valence-corrected chi connectivity index (χ4v) is 3.46. The Labute approximate surface area is 155 Å². The Morgan fingerprint density at radius 1 is 1.00 bits per heavy atom. The number of benzene rings is 2. The Bertz CT molecular complexity index is 704. The summed E-state index contributed by atoms with van der Waals surface area (Å²) < 4.78 is 11.5. The molecule has 1 saturated heterocycles. The van der Waals surface area contributed by atoms with E-state index >= 15 is 0 Å². The van der Waals surface area contributed by atoms with E-state index in [0.717, 1.165) is 24.0 Å². The number of amides is 1. The third-order valence-electron chi connectivity index (χ3n) is 4.69. The largest absolute Gasteiger partial charge is 0.481 e. The predicted octanol–water partition coefficient (Wildman–Crippen LogP) is 4.19. The van der Waals surface area contributed by atoms with Crippen molar-refractivity contribution in [2.45, 2.75) is 58.0 Å². The van der Waals surface area contributed by atoms with E-state index in [1.165, 1.54) is 0 Å². The molecule has 4 heteroatoms. The second kappa shape index (κ2) is 8.37. The van der Waals surface area contributed by atoms with Crippen LogP contribution in [0.1, 0.15) is 33.6 Å². The maximum absolute atomic E-state index is 12.4. The van der Waals surface area contributed by atoms with Gasteiger partial charge in [0.1, 0.15) is 5.75 Å². The number of carbonyl (C=O) groups is 1. The molecule has 1 heterocycles. The molecule has 0 unspecified atom stereocenters. The van der Waals surface area contributed by atoms with Crippen LogP contribution in [0.4, 0.5) is 0 Å². The lowest BCUT2D eigenvalue weighted by Crippen LogP contribution is -2.47. The Morgan fingerprint density at radius 2 is 1.58 bits per heavy atom. The monoisotopic (exact) mass is 353 g/mol. The third-order valence-corrected chi connectivity index (χ3v) is 4.69. The fourth-order valence-electron chi connectivity index (χ4n) is 3.46. The summed E-state index contributed by atoms with van der Waals surface area (Å²) in [6.45, 7) is 5.87.